The second kappa shape index (κ2) is 8.75. The Morgan fingerprint density at radius 2 is 1.67 bits per heavy atom. The van der Waals surface area contributed by atoms with Gasteiger partial charge in [-0.05, 0) is 29.8 Å². The minimum Gasteiger partial charge on any atom is -0.468 e. The summed E-state index contributed by atoms with van der Waals surface area (Å²) in [5, 5.41) is 3.53. The molecule has 0 radical (unpaired) electrons. The van der Waals surface area contributed by atoms with Crippen molar-refractivity contribution in [3.63, 3.8) is 0 Å². The number of esters is 1. The molecule has 4 rings (SSSR count). The Hall–Kier alpha value is -3.06. The van der Waals surface area contributed by atoms with E-state index in [1.165, 1.54) is 7.11 Å². The first-order valence-electron chi connectivity index (χ1n) is 9.83. The molecular formula is C22H23ClN4O3. The molecule has 7 nitrogen and oxygen atoms in total. The standard InChI is InChI=1S/C22H23ClN4O3/c1-30-21(29)18-19(15-5-3-2-4-6-15)24-22(25-20(18)28)27-13-11-26(12-14-27)17-9-7-16(23)8-10-17/h2-10,18-19H,11-14H2,1H3,(H,24,25,28)/t18-,19-/m1/s1. The molecule has 30 heavy (non-hydrogen) atoms. The number of hydrogen-bond donors (Lipinski definition) is 1. The molecule has 156 valence electrons. The number of carbonyl (C=O) groups is 2. The highest BCUT2D eigenvalue weighted by Gasteiger charge is 2.41. The lowest BCUT2D eigenvalue weighted by atomic mass is 9.91. The molecule has 2 heterocycles. The van der Waals surface area contributed by atoms with Crippen molar-refractivity contribution in [2.45, 2.75) is 6.04 Å². The molecular weight excluding hydrogens is 404 g/mol. The first kappa shape index (κ1) is 20.2. The van der Waals surface area contributed by atoms with Gasteiger partial charge in [-0.2, -0.15) is 0 Å². The summed E-state index contributed by atoms with van der Waals surface area (Å²) < 4.78 is 4.87. The number of carbonyl (C=O) groups excluding carboxylic acids is 2. The van der Waals surface area contributed by atoms with Gasteiger partial charge in [0.1, 0.15) is 6.04 Å². The van der Waals surface area contributed by atoms with Crippen LogP contribution in [-0.2, 0) is 14.3 Å². The maximum atomic E-state index is 12.8. The van der Waals surface area contributed by atoms with Gasteiger partial charge in [-0.25, -0.2) is 4.99 Å². The third-order valence-electron chi connectivity index (χ3n) is 5.46. The monoisotopic (exact) mass is 426 g/mol. The summed E-state index contributed by atoms with van der Waals surface area (Å²) in [6.07, 6.45) is 0. The van der Waals surface area contributed by atoms with E-state index in [-0.39, 0.29) is 5.91 Å². The quantitative estimate of drug-likeness (QED) is 0.603. The van der Waals surface area contributed by atoms with Crippen LogP contribution in [0.25, 0.3) is 0 Å². The second-order valence-corrected chi connectivity index (χ2v) is 7.69. The molecule has 1 amide bonds. The van der Waals surface area contributed by atoms with E-state index < -0.39 is 17.9 Å². The van der Waals surface area contributed by atoms with E-state index in [9.17, 15) is 9.59 Å². The number of piperazine rings is 1. The Labute approximate surface area is 180 Å². The minimum atomic E-state index is -1.00. The van der Waals surface area contributed by atoms with Gasteiger partial charge in [0.15, 0.2) is 5.92 Å². The van der Waals surface area contributed by atoms with E-state index >= 15 is 0 Å². The lowest BCUT2D eigenvalue weighted by Crippen LogP contribution is -2.57. The largest absolute Gasteiger partial charge is 0.468 e. The number of halogens is 1. The number of nitrogens with one attached hydrogen (secondary N) is 1. The number of hydrogen-bond acceptors (Lipinski definition) is 6. The summed E-state index contributed by atoms with van der Waals surface area (Å²) in [6.45, 7) is 2.97. The molecule has 2 aliphatic rings. The summed E-state index contributed by atoms with van der Waals surface area (Å²) in [4.78, 5) is 34.2. The SMILES string of the molecule is COC(=O)[C@H]1C(=O)NC(N2CCN(c3ccc(Cl)cc3)CC2)=N[C@@H]1c1ccccc1. The lowest BCUT2D eigenvalue weighted by Gasteiger charge is -2.39. The van der Waals surface area contributed by atoms with Gasteiger partial charge in [-0.15, -0.1) is 0 Å². The topological polar surface area (TPSA) is 74.2 Å². The molecule has 8 heteroatoms. The molecule has 0 bridgehead atoms. The highest BCUT2D eigenvalue weighted by molar-refractivity contribution is 6.30. The highest BCUT2D eigenvalue weighted by atomic mass is 35.5. The van der Waals surface area contributed by atoms with Crippen LogP contribution in [0.15, 0.2) is 59.6 Å². The normalized spacial score (nSPS) is 21.7. The third-order valence-corrected chi connectivity index (χ3v) is 5.71. The van der Waals surface area contributed by atoms with Gasteiger partial charge in [0.25, 0.3) is 0 Å². The molecule has 2 aromatic carbocycles. The predicted molar refractivity (Wildman–Crippen MR) is 116 cm³/mol. The Morgan fingerprint density at radius 3 is 2.30 bits per heavy atom. The molecule has 1 saturated heterocycles. The number of anilines is 1. The van der Waals surface area contributed by atoms with Gasteiger partial charge in [0, 0.05) is 36.9 Å². The summed E-state index contributed by atoms with van der Waals surface area (Å²) >= 11 is 5.98. The van der Waals surface area contributed by atoms with Crippen LogP contribution in [0, 0.1) is 5.92 Å². The number of guanidine groups is 1. The van der Waals surface area contributed by atoms with Crippen LogP contribution in [0.4, 0.5) is 5.69 Å². The van der Waals surface area contributed by atoms with Gasteiger partial charge in [0.05, 0.1) is 7.11 Å². The Kier molecular flexibility index (Phi) is 5.90. The first-order valence-corrected chi connectivity index (χ1v) is 10.2. The van der Waals surface area contributed by atoms with Crippen molar-refractivity contribution in [3.8, 4) is 0 Å². The van der Waals surface area contributed by atoms with E-state index in [4.69, 9.17) is 21.3 Å². The third kappa shape index (κ3) is 4.11. The summed E-state index contributed by atoms with van der Waals surface area (Å²) in [5.41, 5.74) is 1.92. The van der Waals surface area contributed by atoms with Gasteiger partial charge < -0.3 is 14.5 Å². The number of ether oxygens (including phenoxy) is 1. The zero-order chi connectivity index (χ0) is 21.1. The Bertz CT molecular complexity index is 941. The van der Waals surface area contributed by atoms with E-state index in [2.05, 4.69) is 10.2 Å². The number of aliphatic imine (C=N–C) groups is 1. The van der Waals surface area contributed by atoms with Crippen molar-refractivity contribution < 1.29 is 14.3 Å². The average molecular weight is 427 g/mol. The molecule has 0 saturated carbocycles. The molecule has 0 aromatic heterocycles. The van der Waals surface area contributed by atoms with Crippen LogP contribution in [0.5, 0.6) is 0 Å². The smallest absolute Gasteiger partial charge is 0.320 e. The van der Waals surface area contributed by atoms with Crippen LogP contribution in [0.1, 0.15) is 11.6 Å². The van der Waals surface area contributed by atoms with E-state index in [0.29, 0.717) is 24.1 Å². The second-order valence-electron chi connectivity index (χ2n) is 7.25. The molecule has 1 fully saturated rings. The van der Waals surface area contributed by atoms with Crippen molar-refractivity contribution in [2.75, 3.05) is 38.2 Å². The Balaban J connectivity index is 1.54. The fourth-order valence-corrected chi connectivity index (χ4v) is 3.97. The number of benzene rings is 2. The Morgan fingerprint density at radius 1 is 1.03 bits per heavy atom. The molecule has 2 aliphatic heterocycles. The van der Waals surface area contributed by atoms with Crippen molar-refractivity contribution in [1.82, 2.24) is 10.2 Å². The number of rotatable bonds is 3. The first-order chi connectivity index (χ1) is 14.6. The number of amides is 1. The number of methoxy groups -OCH3 is 1. The van der Waals surface area contributed by atoms with E-state index in [0.717, 1.165) is 24.3 Å². The molecule has 2 aromatic rings. The number of nitrogens with zero attached hydrogens (tertiary/aromatic N) is 3. The van der Waals surface area contributed by atoms with E-state index in [1.54, 1.807) is 0 Å². The van der Waals surface area contributed by atoms with Crippen molar-refractivity contribution >= 4 is 35.1 Å². The zero-order valence-corrected chi connectivity index (χ0v) is 17.4. The molecule has 2 atom stereocenters. The maximum Gasteiger partial charge on any atom is 0.320 e. The maximum absolute atomic E-state index is 12.8. The summed E-state index contributed by atoms with van der Waals surface area (Å²) in [6, 6.07) is 16.5. The molecule has 0 spiro atoms. The fourth-order valence-electron chi connectivity index (χ4n) is 3.84. The van der Waals surface area contributed by atoms with E-state index in [1.807, 2.05) is 59.5 Å². The fraction of sp³-hybridized carbons (Fsp3) is 0.318. The highest BCUT2D eigenvalue weighted by Crippen LogP contribution is 2.31. The van der Waals surface area contributed by atoms with Crippen molar-refractivity contribution in [2.24, 2.45) is 10.9 Å². The summed E-state index contributed by atoms with van der Waals surface area (Å²) in [5.74, 6) is -1.47. The van der Waals surface area contributed by atoms with Crippen LogP contribution >= 0.6 is 11.6 Å². The van der Waals surface area contributed by atoms with Crippen LogP contribution < -0.4 is 10.2 Å². The van der Waals surface area contributed by atoms with Crippen LogP contribution in [-0.4, -0.2) is 56.0 Å². The predicted octanol–water partition coefficient (Wildman–Crippen LogP) is 2.48. The van der Waals surface area contributed by atoms with Gasteiger partial charge >= 0.3 is 5.97 Å². The summed E-state index contributed by atoms with van der Waals surface area (Å²) in [7, 11) is 1.28. The van der Waals surface area contributed by atoms with Gasteiger partial charge in [-0.1, -0.05) is 41.9 Å². The average Bonchev–Trinajstić information content (AvgIpc) is 2.79. The molecule has 0 unspecified atom stereocenters. The van der Waals surface area contributed by atoms with Gasteiger partial charge in [-0.3, -0.25) is 14.9 Å². The minimum absolute atomic E-state index is 0.388. The molecule has 1 N–H and O–H groups in total. The lowest BCUT2D eigenvalue weighted by molar-refractivity contribution is -0.151. The zero-order valence-electron chi connectivity index (χ0n) is 16.6. The van der Waals surface area contributed by atoms with Crippen molar-refractivity contribution in [3.05, 3.63) is 65.2 Å². The van der Waals surface area contributed by atoms with Crippen LogP contribution in [0.3, 0.4) is 0 Å². The molecule has 0 aliphatic carbocycles. The van der Waals surface area contributed by atoms with Gasteiger partial charge in [0.2, 0.25) is 11.9 Å². The van der Waals surface area contributed by atoms with Crippen molar-refractivity contribution in [1.29, 1.82) is 0 Å². The van der Waals surface area contributed by atoms with Crippen LogP contribution in [0.2, 0.25) is 5.02 Å².